The van der Waals surface area contributed by atoms with E-state index in [1.807, 2.05) is 45.9 Å². The van der Waals surface area contributed by atoms with Crippen molar-refractivity contribution < 1.29 is 14.3 Å². The van der Waals surface area contributed by atoms with E-state index in [9.17, 15) is 4.79 Å². The van der Waals surface area contributed by atoms with Crippen molar-refractivity contribution in [1.82, 2.24) is 0 Å². The molecule has 0 heterocycles. The summed E-state index contributed by atoms with van der Waals surface area (Å²) in [6.45, 7) is 14.2. The Kier molecular flexibility index (Phi) is 10.5. The second-order valence-corrected chi connectivity index (χ2v) is 8.14. The zero-order chi connectivity index (χ0) is 23.6. The molecule has 0 saturated carbocycles. The van der Waals surface area contributed by atoms with Gasteiger partial charge in [-0.1, -0.05) is 56.2 Å². The molecule has 0 saturated heterocycles. The van der Waals surface area contributed by atoms with Crippen molar-refractivity contribution in [2.45, 2.75) is 73.5 Å². The van der Waals surface area contributed by atoms with E-state index in [0.29, 0.717) is 12.8 Å². The molecule has 4 nitrogen and oxygen atoms in total. The van der Waals surface area contributed by atoms with E-state index in [4.69, 9.17) is 15.2 Å². The molecule has 0 amide bonds. The number of benzene rings is 1. The molecule has 0 aliphatic carbocycles. The van der Waals surface area contributed by atoms with Crippen molar-refractivity contribution in [3.8, 4) is 5.75 Å². The highest BCUT2D eigenvalue weighted by Crippen LogP contribution is 2.28. The highest BCUT2D eigenvalue weighted by molar-refractivity contribution is 5.83. The van der Waals surface area contributed by atoms with Crippen LogP contribution in [-0.4, -0.2) is 18.8 Å². The number of carbonyl (C=O) groups is 1. The molecule has 0 radical (unpaired) electrons. The quantitative estimate of drug-likeness (QED) is 0.201. The number of aryl methyl sites for hydroxylation is 1. The molecule has 0 aliphatic rings. The monoisotopic (exact) mass is 425 g/mol. The molecule has 0 bridgehead atoms. The Balaban J connectivity index is 2.85. The molecule has 1 rings (SSSR count). The first-order chi connectivity index (χ1) is 14.6. The van der Waals surface area contributed by atoms with Crippen molar-refractivity contribution in [3.63, 3.8) is 0 Å². The lowest BCUT2D eigenvalue weighted by molar-refractivity contribution is -0.154. The summed E-state index contributed by atoms with van der Waals surface area (Å²) in [7, 11) is 1.70. The molecule has 2 N–H and O–H groups in total. The number of allylic oxidation sites excluding steroid dienone is 6. The standard InChI is InChI=1S/C27H39NO3/c1-9-16-27(28,10-2)31-26(29)17-20(4)13-11-12-19(3)14-15-24-21(5)18-25(30-8)23(7)22(24)6/h11-15,17-18H,9-10,16,28H2,1-8H3. The van der Waals surface area contributed by atoms with Crippen LogP contribution in [0.5, 0.6) is 5.75 Å². The fourth-order valence-electron chi connectivity index (χ4n) is 3.34. The second kappa shape index (κ2) is 12.3. The molecule has 1 unspecified atom stereocenters. The first-order valence-electron chi connectivity index (χ1n) is 10.9. The van der Waals surface area contributed by atoms with Gasteiger partial charge in [-0.2, -0.15) is 0 Å². The van der Waals surface area contributed by atoms with Crippen molar-refractivity contribution in [1.29, 1.82) is 0 Å². The van der Waals surface area contributed by atoms with Crippen LogP contribution in [0.15, 0.2) is 47.6 Å². The normalized spacial score (nSPS) is 14.9. The molecule has 0 spiro atoms. The summed E-state index contributed by atoms with van der Waals surface area (Å²) in [5, 5.41) is 0. The Morgan fingerprint density at radius 1 is 1.10 bits per heavy atom. The molecule has 0 aliphatic heterocycles. The fraction of sp³-hybridized carbons (Fsp3) is 0.444. The number of hydrogen-bond donors (Lipinski definition) is 1. The first-order valence-corrected chi connectivity index (χ1v) is 10.9. The molecule has 0 fully saturated rings. The molecular formula is C27H39NO3. The smallest absolute Gasteiger partial charge is 0.332 e. The van der Waals surface area contributed by atoms with Crippen LogP contribution in [0.3, 0.4) is 0 Å². The van der Waals surface area contributed by atoms with E-state index in [-0.39, 0.29) is 0 Å². The summed E-state index contributed by atoms with van der Waals surface area (Å²) in [4.78, 5) is 12.1. The lowest BCUT2D eigenvalue weighted by Gasteiger charge is -2.27. The maximum atomic E-state index is 12.1. The summed E-state index contributed by atoms with van der Waals surface area (Å²) >= 11 is 0. The maximum Gasteiger partial charge on any atom is 0.332 e. The number of esters is 1. The molecule has 4 heteroatoms. The Bertz CT molecular complexity index is 890. The van der Waals surface area contributed by atoms with Gasteiger partial charge < -0.3 is 9.47 Å². The number of carbonyl (C=O) groups excluding carboxylic acids is 1. The number of rotatable bonds is 10. The Hall–Kier alpha value is -2.59. The summed E-state index contributed by atoms with van der Waals surface area (Å²) in [6.07, 6.45) is 13.6. The van der Waals surface area contributed by atoms with Crippen molar-refractivity contribution in [2.75, 3.05) is 7.11 Å². The molecule has 1 atom stereocenters. The molecule has 0 aromatic heterocycles. The summed E-state index contributed by atoms with van der Waals surface area (Å²) in [5.41, 5.74) is 11.9. The van der Waals surface area contributed by atoms with Gasteiger partial charge in [-0.15, -0.1) is 0 Å². The number of methoxy groups -OCH3 is 1. The van der Waals surface area contributed by atoms with Gasteiger partial charge in [-0.25, -0.2) is 4.79 Å². The van der Waals surface area contributed by atoms with E-state index in [0.717, 1.165) is 28.9 Å². The first kappa shape index (κ1) is 26.4. The van der Waals surface area contributed by atoms with Crippen LogP contribution in [-0.2, 0) is 9.53 Å². The number of nitrogens with two attached hydrogens (primary N) is 1. The Morgan fingerprint density at radius 2 is 1.77 bits per heavy atom. The predicted molar refractivity (Wildman–Crippen MR) is 131 cm³/mol. The van der Waals surface area contributed by atoms with Crippen LogP contribution in [0, 0.1) is 20.8 Å². The highest BCUT2D eigenvalue weighted by Gasteiger charge is 2.25. The van der Waals surface area contributed by atoms with Gasteiger partial charge in [0.15, 0.2) is 5.72 Å². The van der Waals surface area contributed by atoms with Crippen molar-refractivity contribution >= 4 is 12.0 Å². The van der Waals surface area contributed by atoms with Gasteiger partial charge in [-0.3, -0.25) is 5.73 Å². The third kappa shape index (κ3) is 8.22. The summed E-state index contributed by atoms with van der Waals surface area (Å²) in [5.74, 6) is 0.519. The highest BCUT2D eigenvalue weighted by atomic mass is 16.6. The van der Waals surface area contributed by atoms with Gasteiger partial charge in [0.25, 0.3) is 0 Å². The lowest BCUT2D eigenvalue weighted by atomic mass is 9.96. The second-order valence-electron chi connectivity index (χ2n) is 8.14. The largest absolute Gasteiger partial charge is 0.496 e. The number of ether oxygens (including phenoxy) is 2. The van der Waals surface area contributed by atoms with Gasteiger partial charge in [0, 0.05) is 12.5 Å². The zero-order valence-corrected chi connectivity index (χ0v) is 20.5. The Labute approximate surface area is 188 Å². The minimum atomic E-state index is -0.885. The van der Waals surface area contributed by atoms with E-state index < -0.39 is 11.7 Å². The van der Waals surface area contributed by atoms with Crippen LogP contribution >= 0.6 is 0 Å². The molecular weight excluding hydrogens is 386 g/mol. The average Bonchev–Trinajstić information content (AvgIpc) is 2.70. The van der Waals surface area contributed by atoms with Crippen LogP contribution in [0.4, 0.5) is 0 Å². The van der Waals surface area contributed by atoms with Crippen LogP contribution < -0.4 is 10.5 Å². The van der Waals surface area contributed by atoms with Crippen LogP contribution in [0.2, 0.25) is 0 Å². The molecule has 170 valence electrons. The third-order valence-corrected chi connectivity index (χ3v) is 5.48. The third-order valence-electron chi connectivity index (χ3n) is 5.48. The van der Waals surface area contributed by atoms with Crippen molar-refractivity contribution in [2.24, 2.45) is 5.73 Å². The zero-order valence-electron chi connectivity index (χ0n) is 20.5. The molecule has 31 heavy (non-hydrogen) atoms. The Morgan fingerprint density at radius 3 is 2.35 bits per heavy atom. The van der Waals surface area contributed by atoms with Gasteiger partial charge in [0.1, 0.15) is 5.75 Å². The van der Waals surface area contributed by atoms with Crippen molar-refractivity contribution in [3.05, 3.63) is 69.8 Å². The van der Waals surface area contributed by atoms with Gasteiger partial charge in [0.05, 0.1) is 7.11 Å². The van der Waals surface area contributed by atoms with Crippen LogP contribution in [0.1, 0.15) is 69.2 Å². The topological polar surface area (TPSA) is 61.5 Å². The summed E-state index contributed by atoms with van der Waals surface area (Å²) in [6, 6.07) is 2.07. The average molecular weight is 426 g/mol. The molecule has 1 aromatic carbocycles. The predicted octanol–water partition coefficient (Wildman–Crippen LogP) is 6.49. The van der Waals surface area contributed by atoms with Gasteiger partial charge in [0.2, 0.25) is 0 Å². The fourth-order valence-corrected chi connectivity index (χ4v) is 3.34. The summed E-state index contributed by atoms with van der Waals surface area (Å²) < 4.78 is 10.9. The van der Waals surface area contributed by atoms with E-state index in [2.05, 4.69) is 39.0 Å². The minimum absolute atomic E-state index is 0.402. The van der Waals surface area contributed by atoms with E-state index in [1.165, 1.54) is 22.8 Å². The van der Waals surface area contributed by atoms with E-state index in [1.54, 1.807) is 7.11 Å². The SMILES string of the molecule is CCCC(N)(CC)OC(=O)C=C(C)C=CC=C(C)C=Cc1c(C)cc(OC)c(C)c1C. The number of hydrogen-bond acceptors (Lipinski definition) is 4. The van der Waals surface area contributed by atoms with Crippen LogP contribution in [0.25, 0.3) is 6.08 Å². The van der Waals surface area contributed by atoms with E-state index >= 15 is 0 Å². The molecule has 1 aromatic rings. The van der Waals surface area contributed by atoms with Gasteiger partial charge in [-0.05, 0) is 74.9 Å². The lowest BCUT2D eigenvalue weighted by Crippen LogP contribution is -2.43. The minimum Gasteiger partial charge on any atom is -0.496 e. The maximum absolute atomic E-state index is 12.1. The van der Waals surface area contributed by atoms with Gasteiger partial charge >= 0.3 is 5.97 Å².